The Morgan fingerprint density at radius 3 is 2.18 bits per heavy atom. The fraction of sp³-hybridized carbons (Fsp3) is 0.526. The van der Waals surface area contributed by atoms with Gasteiger partial charge in [-0.3, -0.25) is 4.79 Å². The molecule has 4 fully saturated rings. The highest BCUT2D eigenvalue weighted by Gasteiger charge is 2.53. The van der Waals surface area contributed by atoms with Crippen molar-refractivity contribution in [2.24, 2.45) is 23.2 Å². The summed E-state index contributed by atoms with van der Waals surface area (Å²) in [5.74, 6) is 2.70. The number of carbonyl (C=O) groups is 1. The second-order valence-corrected chi connectivity index (χ2v) is 8.40. The van der Waals surface area contributed by atoms with Gasteiger partial charge in [0.15, 0.2) is 5.78 Å². The van der Waals surface area contributed by atoms with Crippen molar-refractivity contribution < 1.29 is 4.79 Å². The highest BCUT2D eigenvalue weighted by Crippen LogP contribution is 2.60. The maximum atomic E-state index is 12.9. The van der Waals surface area contributed by atoms with E-state index in [2.05, 4.69) is 0 Å². The highest BCUT2D eigenvalue weighted by atomic mass is 35.5. The lowest BCUT2D eigenvalue weighted by molar-refractivity contribution is -0.138. The minimum Gasteiger partial charge on any atom is -0.294 e. The van der Waals surface area contributed by atoms with Crippen LogP contribution in [0.1, 0.15) is 44.1 Å². The zero-order chi connectivity index (χ0) is 15.3. The predicted molar refractivity (Wildman–Crippen MR) is 91.1 cm³/mol. The molecule has 0 unspecified atom stereocenters. The Labute approximate surface area is 141 Å². The molecule has 1 aromatic carbocycles. The third-order valence-electron chi connectivity index (χ3n) is 5.94. The maximum Gasteiger partial charge on any atom is 0.161 e. The van der Waals surface area contributed by atoms with Gasteiger partial charge in [0, 0.05) is 15.5 Å². The number of benzene rings is 1. The van der Waals surface area contributed by atoms with E-state index in [9.17, 15) is 4.79 Å². The molecule has 4 aliphatic carbocycles. The SMILES string of the molecule is O=C(/C=C/c1ccc(Cl)cc1Cl)C12CC3CC(CC(C3)C1)C2. The molecule has 0 spiro atoms. The Bertz CT molecular complexity index is 612. The van der Waals surface area contributed by atoms with Gasteiger partial charge in [-0.25, -0.2) is 0 Å². The Hall–Kier alpha value is -0.790. The molecule has 0 saturated heterocycles. The van der Waals surface area contributed by atoms with Gasteiger partial charge in [-0.1, -0.05) is 29.3 Å². The highest BCUT2D eigenvalue weighted by molar-refractivity contribution is 6.35. The van der Waals surface area contributed by atoms with Crippen LogP contribution in [0.2, 0.25) is 10.0 Å². The third kappa shape index (κ3) is 2.53. The van der Waals surface area contributed by atoms with Crippen molar-refractivity contribution in [1.29, 1.82) is 0 Å². The molecule has 0 aliphatic heterocycles. The van der Waals surface area contributed by atoms with E-state index in [-0.39, 0.29) is 5.41 Å². The van der Waals surface area contributed by atoms with Gasteiger partial charge in [0.25, 0.3) is 0 Å². The van der Waals surface area contributed by atoms with Gasteiger partial charge in [-0.2, -0.15) is 0 Å². The monoisotopic (exact) mass is 334 g/mol. The van der Waals surface area contributed by atoms with Crippen LogP contribution in [-0.4, -0.2) is 5.78 Å². The molecule has 0 N–H and O–H groups in total. The van der Waals surface area contributed by atoms with E-state index in [1.165, 1.54) is 19.3 Å². The van der Waals surface area contributed by atoms with Crippen molar-refractivity contribution in [3.05, 3.63) is 39.9 Å². The summed E-state index contributed by atoms with van der Waals surface area (Å²) in [6.45, 7) is 0. The molecule has 0 atom stereocenters. The Balaban J connectivity index is 1.56. The molecule has 5 rings (SSSR count). The lowest BCUT2D eigenvalue weighted by atomic mass is 9.48. The van der Waals surface area contributed by atoms with E-state index in [1.807, 2.05) is 18.2 Å². The molecule has 4 saturated carbocycles. The van der Waals surface area contributed by atoms with Crippen molar-refractivity contribution in [3.8, 4) is 0 Å². The fourth-order valence-corrected chi connectivity index (χ4v) is 5.86. The zero-order valence-corrected chi connectivity index (χ0v) is 14.0. The minimum atomic E-state index is -0.0653. The summed E-state index contributed by atoms with van der Waals surface area (Å²) in [5.41, 5.74) is 0.800. The van der Waals surface area contributed by atoms with Crippen LogP contribution in [0.15, 0.2) is 24.3 Å². The first-order valence-corrected chi connectivity index (χ1v) is 8.97. The molecule has 0 amide bonds. The number of carbonyl (C=O) groups excluding carboxylic acids is 1. The smallest absolute Gasteiger partial charge is 0.161 e. The number of halogens is 2. The van der Waals surface area contributed by atoms with E-state index < -0.39 is 0 Å². The standard InChI is InChI=1S/C19H20Cl2O/c20-16-3-1-15(17(21)8-16)2-4-18(22)19-9-12-5-13(10-19)7-14(6-12)11-19/h1-4,8,12-14H,5-7,9-11H2/b4-2+. The van der Waals surface area contributed by atoms with E-state index in [0.717, 1.165) is 42.6 Å². The molecule has 4 aliphatic rings. The average molecular weight is 335 g/mol. The first kappa shape index (κ1) is 14.8. The molecule has 0 heterocycles. The summed E-state index contributed by atoms with van der Waals surface area (Å²) >= 11 is 12.1. The van der Waals surface area contributed by atoms with Crippen molar-refractivity contribution in [2.45, 2.75) is 38.5 Å². The van der Waals surface area contributed by atoms with Crippen molar-refractivity contribution in [2.75, 3.05) is 0 Å². The van der Waals surface area contributed by atoms with Crippen LogP contribution >= 0.6 is 23.2 Å². The largest absolute Gasteiger partial charge is 0.294 e. The first-order valence-electron chi connectivity index (χ1n) is 8.22. The molecular weight excluding hydrogens is 315 g/mol. The van der Waals surface area contributed by atoms with Crippen LogP contribution in [0.4, 0.5) is 0 Å². The van der Waals surface area contributed by atoms with E-state index in [1.54, 1.807) is 12.1 Å². The first-order chi connectivity index (χ1) is 10.5. The summed E-state index contributed by atoms with van der Waals surface area (Å²) in [4.78, 5) is 12.9. The molecule has 4 bridgehead atoms. The number of allylic oxidation sites excluding steroid dienone is 1. The summed E-state index contributed by atoms with van der Waals surface area (Å²) in [6, 6.07) is 5.40. The van der Waals surface area contributed by atoms with Gasteiger partial charge in [-0.05, 0) is 86.1 Å². The quantitative estimate of drug-likeness (QED) is 0.639. The fourth-order valence-electron chi connectivity index (χ4n) is 5.39. The number of rotatable bonds is 3. The van der Waals surface area contributed by atoms with Crippen LogP contribution in [0.5, 0.6) is 0 Å². The molecule has 0 radical (unpaired) electrons. The van der Waals surface area contributed by atoms with Gasteiger partial charge in [0.2, 0.25) is 0 Å². The Kier molecular flexibility index (Phi) is 3.62. The van der Waals surface area contributed by atoms with Gasteiger partial charge in [0.05, 0.1) is 0 Å². The normalized spacial score (nSPS) is 36.2. The second kappa shape index (κ2) is 5.39. The topological polar surface area (TPSA) is 17.1 Å². The molecule has 0 aromatic heterocycles. The van der Waals surface area contributed by atoms with E-state index in [4.69, 9.17) is 23.2 Å². The van der Waals surface area contributed by atoms with Crippen molar-refractivity contribution in [3.63, 3.8) is 0 Å². The Morgan fingerprint density at radius 2 is 1.64 bits per heavy atom. The van der Waals surface area contributed by atoms with Gasteiger partial charge in [0.1, 0.15) is 0 Å². The molecular formula is C19H20Cl2O. The van der Waals surface area contributed by atoms with Crippen LogP contribution in [-0.2, 0) is 4.79 Å². The number of ketones is 1. The maximum absolute atomic E-state index is 12.9. The van der Waals surface area contributed by atoms with Gasteiger partial charge in [-0.15, -0.1) is 0 Å². The Morgan fingerprint density at radius 1 is 1.05 bits per heavy atom. The summed E-state index contributed by atoms with van der Waals surface area (Å²) in [5, 5.41) is 1.22. The summed E-state index contributed by atoms with van der Waals surface area (Å²) < 4.78 is 0. The average Bonchev–Trinajstić information content (AvgIpc) is 2.44. The molecule has 116 valence electrons. The third-order valence-corrected chi connectivity index (χ3v) is 6.50. The van der Waals surface area contributed by atoms with Gasteiger partial charge < -0.3 is 0 Å². The second-order valence-electron chi connectivity index (χ2n) is 7.56. The summed E-state index contributed by atoms with van der Waals surface area (Å²) in [6.07, 6.45) is 11.0. The van der Waals surface area contributed by atoms with Crippen LogP contribution < -0.4 is 0 Å². The van der Waals surface area contributed by atoms with Crippen molar-refractivity contribution >= 4 is 35.1 Å². The van der Waals surface area contributed by atoms with Crippen LogP contribution in [0.25, 0.3) is 6.08 Å². The molecule has 1 aromatic rings. The van der Waals surface area contributed by atoms with Crippen LogP contribution in [0, 0.1) is 23.2 Å². The molecule has 1 nitrogen and oxygen atoms in total. The molecule has 22 heavy (non-hydrogen) atoms. The lowest BCUT2D eigenvalue weighted by Gasteiger charge is -2.55. The predicted octanol–water partition coefficient (Wildman–Crippen LogP) is 5.79. The number of hydrogen-bond acceptors (Lipinski definition) is 1. The van der Waals surface area contributed by atoms with Crippen molar-refractivity contribution in [1.82, 2.24) is 0 Å². The van der Waals surface area contributed by atoms with Gasteiger partial charge >= 0.3 is 0 Å². The lowest BCUT2D eigenvalue weighted by Crippen LogP contribution is -2.49. The molecule has 3 heteroatoms. The minimum absolute atomic E-state index is 0.0653. The zero-order valence-electron chi connectivity index (χ0n) is 12.5. The van der Waals surface area contributed by atoms with E-state index >= 15 is 0 Å². The summed E-state index contributed by atoms with van der Waals surface area (Å²) in [7, 11) is 0. The number of hydrogen-bond donors (Lipinski definition) is 0. The van der Waals surface area contributed by atoms with E-state index in [0.29, 0.717) is 15.8 Å². The van der Waals surface area contributed by atoms with Crippen LogP contribution in [0.3, 0.4) is 0 Å².